The lowest BCUT2D eigenvalue weighted by molar-refractivity contribution is 0.0502. The molecule has 172 valence electrons. The van der Waals surface area contributed by atoms with E-state index >= 15 is 0 Å². The van der Waals surface area contributed by atoms with Gasteiger partial charge in [-0.1, -0.05) is 24.3 Å². The van der Waals surface area contributed by atoms with E-state index in [0.717, 1.165) is 47.4 Å². The molecule has 4 rings (SSSR count). The lowest BCUT2D eigenvalue weighted by Gasteiger charge is -2.34. The number of sulfone groups is 1. The van der Waals surface area contributed by atoms with Crippen LogP contribution in [0.3, 0.4) is 0 Å². The number of carbonyl (C=O) groups excluding carboxylic acids is 1. The van der Waals surface area contributed by atoms with Crippen LogP contribution < -0.4 is 4.74 Å². The first-order chi connectivity index (χ1) is 15.2. The van der Waals surface area contributed by atoms with Crippen LogP contribution in [0.15, 0.2) is 36.5 Å². The molecule has 0 N–H and O–H groups in total. The van der Waals surface area contributed by atoms with Crippen LogP contribution in [0.2, 0.25) is 0 Å². The SMILES string of the molecule is CC(C)OC(=O)N1CCC(C2Cc3cc(-c4ccc(CS(C)(=O)=O)cc4)ncc3O2)CC1. The molecule has 1 saturated heterocycles. The number of piperidine rings is 1. The molecule has 1 atom stereocenters. The molecule has 1 amide bonds. The van der Waals surface area contributed by atoms with Crippen molar-refractivity contribution in [2.75, 3.05) is 19.3 Å². The smallest absolute Gasteiger partial charge is 0.410 e. The third kappa shape index (κ3) is 5.41. The van der Waals surface area contributed by atoms with Crippen molar-refractivity contribution in [1.29, 1.82) is 0 Å². The van der Waals surface area contributed by atoms with Gasteiger partial charge in [0.2, 0.25) is 0 Å². The average Bonchev–Trinajstić information content (AvgIpc) is 3.16. The molecule has 0 bridgehead atoms. The van der Waals surface area contributed by atoms with Gasteiger partial charge in [0, 0.05) is 36.9 Å². The van der Waals surface area contributed by atoms with Crippen LogP contribution in [0.1, 0.15) is 37.8 Å². The van der Waals surface area contributed by atoms with Crippen molar-refractivity contribution in [2.45, 2.75) is 51.1 Å². The number of fused-ring (bicyclic) bond motifs is 1. The van der Waals surface area contributed by atoms with Gasteiger partial charge < -0.3 is 14.4 Å². The summed E-state index contributed by atoms with van der Waals surface area (Å²) in [7, 11) is -3.05. The Morgan fingerprint density at radius 2 is 1.91 bits per heavy atom. The van der Waals surface area contributed by atoms with Gasteiger partial charge in [0.15, 0.2) is 9.84 Å². The van der Waals surface area contributed by atoms with Gasteiger partial charge in [-0.25, -0.2) is 13.2 Å². The van der Waals surface area contributed by atoms with E-state index in [9.17, 15) is 13.2 Å². The average molecular weight is 459 g/mol. The van der Waals surface area contributed by atoms with Crippen LogP contribution in [0.5, 0.6) is 5.75 Å². The van der Waals surface area contributed by atoms with E-state index < -0.39 is 9.84 Å². The highest BCUT2D eigenvalue weighted by atomic mass is 32.2. The molecule has 2 aliphatic rings. The van der Waals surface area contributed by atoms with Crippen LogP contribution in [0.25, 0.3) is 11.3 Å². The maximum absolute atomic E-state index is 12.1. The highest BCUT2D eigenvalue weighted by molar-refractivity contribution is 7.89. The van der Waals surface area contributed by atoms with Crippen molar-refractivity contribution in [3.05, 3.63) is 47.7 Å². The van der Waals surface area contributed by atoms with Crippen LogP contribution in [0, 0.1) is 5.92 Å². The highest BCUT2D eigenvalue weighted by Gasteiger charge is 2.34. The van der Waals surface area contributed by atoms with Gasteiger partial charge in [-0.15, -0.1) is 0 Å². The molecule has 2 aliphatic heterocycles. The van der Waals surface area contributed by atoms with Crippen molar-refractivity contribution in [2.24, 2.45) is 5.92 Å². The number of carbonyl (C=O) groups is 1. The zero-order chi connectivity index (χ0) is 22.9. The van der Waals surface area contributed by atoms with Crippen molar-refractivity contribution in [3.8, 4) is 17.0 Å². The molecule has 0 spiro atoms. The van der Waals surface area contributed by atoms with E-state index in [-0.39, 0.29) is 24.1 Å². The van der Waals surface area contributed by atoms with E-state index in [2.05, 4.69) is 11.1 Å². The highest BCUT2D eigenvalue weighted by Crippen LogP contribution is 2.36. The maximum atomic E-state index is 12.1. The first-order valence-corrected chi connectivity index (χ1v) is 13.1. The summed E-state index contributed by atoms with van der Waals surface area (Å²) in [6.07, 6.45) is 5.41. The van der Waals surface area contributed by atoms with Gasteiger partial charge in [0.25, 0.3) is 0 Å². The summed E-state index contributed by atoms with van der Waals surface area (Å²) < 4.78 is 34.5. The molecule has 3 heterocycles. The second kappa shape index (κ2) is 9.10. The third-order valence-electron chi connectivity index (χ3n) is 5.99. The lowest BCUT2D eigenvalue weighted by atomic mass is 9.89. The number of hydrogen-bond donors (Lipinski definition) is 0. The number of amides is 1. The van der Waals surface area contributed by atoms with Gasteiger partial charge in [-0.3, -0.25) is 4.98 Å². The standard InChI is InChI=1S/C24H30N2O5S/c1-16(2)30-24(27)26-10-8-19(9-11-26)22-13-20-12-21(25-14-23(20)31-22)18-6-4-17(5-7-18)15-32(3,28)29/h4-7,12,14,16,19,22H,8-11,13,15H2,1-3H3. The van der Waals surface area contributed by atoms with Gasteiger partial charge in [-0.05, 0) is 44.2 Å². The number of benzene rings is 1. The van der Waals surface area contributed by atoms with Gasteiger partial charge in [-0.2, -0.15) is 0 Å². The molecule has 0 aliphatic carbocycles. The molecular weight excluding hydrogens is 428 g/mol. The van der Waals surface area contributed by atoms with Gasteiger partial charge in [0.1, 0.15) is 11.9 Å². The maximum Gasteiger partial charge on any atom is 0.410 e. The quantitative estimate of drug-likeness (QED) is 0.676. The molecule has 8 heteroatoms. The Morgan fingerprint density at radius 1 is 1.22 bits per heavy atom. The van der Waals surface area contributed by atoms with Crippen LogP contribution in [-0.2, 0) is 26.7 Å². The van der Waals surface area contributed by atoms with Crippen LogP contribution in [0.4, 0.5) is 4.79 Å². The van der Waals surface area contributed by atoms with Gasteiger partial charge in [0.05, 0.1) is 23.7 Å². The number of rotatable bonds is 5. The first kappa shape index (κ1) is 22.6. The summed E-state index contributed by atoms with van der Waals surface area (Å²) in [6.45, 7) is 5.10. The summed E-state index contributed by atoms with van der Waals surface area (Å²) in [5.41, 5.74) is 3.71. The second-order valence-corrected chi connectivity index (χ2v) is 11.2. The Hall–Kier alpha value is -2.61. The summed E-state index contributed by atoms with van der Waals surface area (Å²) in [5, 5.41) is 0. The molecule has 1 aromatic carbocycles. The Morgan fingerprint density at radius 3 is 2.53 bits per heavy atom. The number of likely N-dealkylation sites (tertiary alicyclic amines) is 1. The Labute approximate surface area is 189 Å². The summed E-state index contributed by atoms with van der Waals surface area (Å²) in [6, 6.07) is 9.56. The molecule has 1 fully saturated rings. The fraction of sp³-hybridized carbons (Fsp3) is 0.500. The molecule has 1 aromatic heterocycles. The second-order valence-electron chi connectivity index (χ2n) is 9.06. The molecule has 2 aromatic rings. The molecule has 32 heavy (non-hydrogen) atoms. The number of aromatic nitrogens is 1. The number of ether oxygens (including phenoxy) is 2. The molecule has 7 nitrogen and oxygen atoms in total. The topological polar surface area (TPSA) is 85.8 Å². The fourth-order valence-corrected chi connectivity index (χ4v) is 5.19. The van der Waals surface area contributed by atoms with E-state index in [1.54, 1.807) is 11.1 Å². The Kier molecular flexibility index (Phi) is 6.42. The predicted octanol–water partition coefficient (Wildman–Crippen LogP) is 3.85. The molecule has 0 saturated carbocycles. The van der Waals surface area contributed by atoms with E-state index in [4.69, 9.17) is 9.47 Å². The fourth-order valence-electron chi connectivity index (χ4n) is 4.40. The molecule has 1 unspecified atom stereocenters. The number of nitrogens with zero attached hydrogens (tertiary/aromatic N) is 2. The monoisotopic (exact) mass is 458 g/mol. The normalized spacial score (nSPS) is 19.0. The summed E-state index contributed by atoms with van der Waals surface area (Å²) in [5.74, 6) is 1.26. The minimum atomic E-state index is -3.05. The van der Waals surface area contributed by atoms with E-state index in [1.165, 1.54) is 6.26 Å². The van der Waals surface area contributed by atoms with Crippen molar-refractivity contribution < 1.29 is 22.7 Å². The van der Waals surface area contributed by atoms with Crippen molar-refractivity contribution >= 4 is 15.9 Å². The van der Waals surface area contributed by atoms with Crippen LogP contribution >= 0.6 is 0 Å². The minimum Gasteiger partial charge on any atom is -0.488 e. The largest absolute Gasteiger partial charge is 0.488 e. The van der Waals surface area contributed by atoms with E-state index in [0.29, 0.717) is 19.0 Å². The zero-order valence-corrected chi connectivity index (χ0v) is 19.6. The zero-order valence-electron chi connectivity index (χ0n) is 18.8. The Bertz CT molecular complexity index is 1070. The Balaban J connectivity index is 1.37. The molecular formula is C24H30N2O5S. The summed E-state index contributed by atoms with van der Waals surface area (Å²) >= 11 is 0. The van der Waals surface area contributed by atoms with Crippen molar-refractivity contribution in [1.82, 2.24) is 9.88 Å². The summed E-state index contributed by atoms with van der Waals surface area (Å²) in [4.78, 5) is 18.4. The van der Waals surface area contributed by atoms with Gasteiger partial charge >= 0.3 is 6.09 Å². The lowest BCUT2D eigenvalue weighted by Crippen LogP contribution is -2.43. The van der Waals surface area contributed by atoms with E-state index in [1.807, 2.05) is 38.1 Å². The number of hydrogen-bond acceptors (Lipinski definition) is 6. The first-order valence-electron chi connectivity index (χ1n) is 11.1. The van der Waals surface area contributed by atoms with Crippen LogP contribution in [-0.4, -0.2) is 55.9 Å². The molecule has 0 radical (unpaired) electrons. The van der Waals surface area contributed by atoms with Crippen molar-refractivity contribution in [3.63, 3.8) is 0 Å². The minimum absolute atomic E-state index is 0.0361. The number of pyridine rings is 1. The third-order valence-corrected chi connectivity index (χ3v) is 6.84. The predicted molar refractivity (Wildman–Crippen MR) is 122 cm³/mol.